The Bertz CT molecular complexity index is 1050. The predicted octanol–water partition coefficient (Wildman–Crippen LogP) is 5.15. The fourth-order valence-corrected chi connectivity index (χ4v) is 5.19. The molecule has 6 heteroatoms. The van der Waals surface area contributed by atoms with Crippen LogP contribution in [0.25, 0.3) is 0 Å². The van der Waals surface area contributed by atoms with Gasteiger partial charge < -0.3 is 5.32 Å². The minimum Gasteiger partial charge on any atom is -0.347 e. The van der Waals surface area contributed by atoms with Crippen LogP contribution >= 0.6 is 11.3 Å². The van der Waals surface area contributed by atoms with Crippen molar-refractivity contribution >= 4 is 28.3 Å². The van der Waals surface area contributed by atoms with Crippen molar-refractivity contribution in [2.45, 2.75) is 45.6 Å². The van der Waals surface area contributed by atoms with Crippen molar-refractivity contribution in [2.75, 3.05) is 11.4 Å². The Morgan fingerprint density at radius 2 is 1.78 bits per heavy atom. The fraction of sp³-hybridized carbons (Fsp3) is 0.346. The molecule has 0 saturated carbocycles. The number of aryl methyl sites for hydroxylation is 2. The Kier molecular flexibility index (Phi) is 7.32. The first-order valence-electron chi connectivity index (χ1n) is 11.3. The smallest absolute Gasteiger partial charge is 0.263 e. The highest BCUT2D eigenvalue weighted by atomic mass is 32.1. The van der Waals surface area contributed by atoms with E-state index in [2.05, 4.69) is 34.6 Å². The number of nitrogens with zero attached hydrogens (tertiary/aromatic N) is 2. The van der Waals surface area contributed by atoms with Crippen molar-refractivity contribution in [1.29, 1.82) is 0 Å². The SMILES string of the molecule is Cc1nc(N2CCCC(CCCc3ccccc3)C2=O)sc1C(=O)NCc1ccccc1. The first-order chi connectivity index (χ1) is 15.6. The summed E-state index contributed by atoms with van der Waals surface area (Å²) in [7, 11) is 0. The van der Waals surface area contributed by atoms with Gasteiger partial charge in [0.1, 0.15) is 4.88 Å². The van der Waals surface area contributed by atoms with Crippen LogP contribution in [0.15, 0.2) is 60.7 Å². The van der Waals surface area contributed by atoms with Crippen LogP contribution in [0.2, 0.25) is 0 Å². The molecule has 1 aliphatic rings. The molecule has 166 valence electrons. The summed E-state index contributed by atoms with van der Waals surface area (Å²) < 4.78 is 0. The van der Waals surface area contributed by atoms with E-state index >= 15 is 0 Å². The fourth-order valence-electron chi connectivity index (χ4n) is 4.17. The summed E-state index contributed by atoms with van der Waals surface area (Å²) in [5.74, 6) is 0.0419. The quantitative estimate of drug-likeness (QED) is 0.520. The van der Waals surface area contributed by atoms with E-state index in [0.717, 1.165) is 37.7 Å². The summed E-state index contributed by atoms with van der Waals surface area (Å²) in [6, 6.07) is 20.2. The molecule has 4 rings (SSSR count). The van der Waals surface area contributed by atoms with Gasteiger partial charge in [-0.2, -0.15) is 0 Å². The lowest BCUT2D eigenvalue weighted by Crippen LogP contribution is -2.41. The molecular weight excluding hydrogens is 418 g/mol. The number of carbonyl (C=O) groups excluding carboxylic acids is 2. The molecule has 1 atom stereocenters. The van der Waals surface area contributed by atoms with Crippen LogP contribution in [0, 0.1) is 12.8 Å². The Labute approximate surface area is 193 Å². The van der Waals surface area contributed by atoms with E-state index in [0.29, 0.717) is 28.8 Å². The zero-order chi connectivity index (χ0) is 22.3. The van der Waals surface area contributed by atoms with E-state index in [4.69, 9.17) is 0 Å². The first kappa shape index (κ1) is 22.2. The Balaban J connectivity index is 1.36. The predicted molar refractivity (Wildman–Crippen MR) is 129 cm³/mol. The minimum atomic E-state index is -0.140. The Morgan fingerprint density at radius 1 is 1.09 bits per heavy atom. The van der Waals surface area contributed by atoms with E-state index in [1.54, 1.807) is 4.90 Å². The van der Waals surface area contributed by atoms with Crippen LogP contribution in [0.5, 0.6) is 0 Å². The van der Waals surface area contributed by atoms with E-state index in [1.807, 2.05) is 43.3 Å². The average Bonchev–Trinajstić information content (AvgIpc) is 3.21. The number of hydrogen-bond acceptors (Lipinski definition) is 4. The molecule has 0 radical (unpaired) electrons. The van der Waals surface area contributed by atoms with Crippen molar-refractivity contribution in [1.82, 2.24) is 10.3 Å². The second-order valence-electron chi connectivity index (χ2n) is 8.29. The van der Waals surface area contributed by atoms with Gasteiger partial charge in [0.05, 0.1) is 5.69 Å². The van der Waals surface area contributed by atoms with Crippen molar-refractivity contribution in [3.8, 4) is 0 Å². The van der Waals surface area contributed by atoms with Crippen molar-refractivity contribution < 1.29 is 9.59 Å². The Hall–Kier alpha value is -2.99. The van der Waals surface area contributed by atoms with Gasteiger partial charge in [-0.3, -0.25) is 14.5 Å². The number of rotatable bonds is 8. The minimum absolute atomic E-state index is 0.0343. The van der Waals surface area contributed by atoms with Crippen LogP contribution in [0.1, 0.15) is 52.2 Å². The molecule has 5 nitrogen and oxygen atoms in total. The van der Waals surface area contributed by atoms with Crippen LogP contribution in [0.4, 0.5) is 5.13 Å². The molecule has 0 aliphatic carbocycles. The van der Waals surface area contributed by atoms with E-state index in [1.165, 1.54) is 16.9 Å². The van der Waals surface area contributed by atoms with Gasteiger partial charge in [-0.1, -0.05) is 72.0 Å². The molecule has 0 spiro atoms. The standard InChI is InChI=1S/C26H29N3O2S/c1-19-23(24(30)27-18-21-12-6-3-7-13-21)32-26(28-19)29-17-9-16-22(25(29)31)15-8-14-20-10-4-2-5-11-20/h2-7,10-13,22H,8-9,14-18H2,1H3,(H,27,30). The molecule has 3 aromatic rings. The van der Waals surface area contributed by atoms with Gasteiger partial charge in [0.15, 0.2) is 5.13 Å². The second kappa shape index (κ2) is 10.6. The lowest BCUT2D eigenvalue weighted by molar-refractivity contribution is -0.124. The number of piperidine rings is 1. The van der Waals surface area contributed by atoms with Gasteiger partial charge in [0.25, 0.3) is 5.91 Å². The number of nitrogens with one attached hydrogen (secondary N) is 1. The maximum Gasteiger partial charge on any atom is 0.263 e. The molecule has 0 bridgehead atoms. The van der Waals surface area contributed by atoms with Crippen LogP contribution in [0.3, 0.4) is 0 Å². The molecule has 1 N–H and O–H groups in total. The van der Waals surface area contributed by atoms with E-state index in [9.17, 15) is 9.59 Å². The van der Waals surface area contributed by atoms with Crippen molar-refractivity contribution in [3.05, 3.63) is 82.4 Å². The van der Waals surface area contributed by atoms with Gasteiger partial charge in [0, 0.05) is 19.0 Å². The summed E-state index contributed by atoms with van der Waals surface area (Å²) >= 11 is 1.32. The van der Waals surface area contributed by atoms with Gasteiger partial charge in [-0.25, -0.2) is 4.98 Å². The summed E-state index contributed by atoms with van der Waals surface area (Å²) in [6.45, 7) is 2.98. The molecule has 1 saturated heterocycles. The summed E-state index contributed by atoms with van der Waals surface area (Å²) in [5.41, 5.74) is 3.04. The van der Waals surface area contributed by atoms with Gasteiger partial charge in [-0.15, -0.1) is 0 Å². The summed E-state index contributed by atoms with van der Waals surface area (Å²) in [5, 5.41) is 3.61. The van der Waals surface area contributed by atoms with Gasteiger partial charge >= 0.3 is 0 Å². The average molecular weight is 448 g/mol. The third kappa shape index (κ3) is 5.43. The maximum absolute atomic E-state index is 13.2. The number of anilines is 1. The maximum atomic E-state index is 13.2. The molecule has 2 heterocycles. The number of amides is 2. The zero-order valence-electron chi connectivity index (χ0n) is 18.4. The summed E-state index contributed by atoms with van der Waals surface area (Å²) in [6.07, 6.45) is 4.78. The molecule has 1 aromatic heterocycles. The normalized spacial score (nSPS) is 16.2. The first-order valence-corrected chi connectivity index (χ1v) is 12.1. The summed E-state index contributed by atoms with van der Waals surface area (Å²) in [4.78, 5) is 32.8. The van der Waals surface area contributed by atoms with Gasteiger partial charge in [-0.05, 0) is 50.2 Å². The highest BCUT2D eigenvalue weighted by Gasteiger charge is 2.31. The molecular formula is C26H29N3O2S. The number of hydrogen-bond donors (Lipinski definition) is 1. The topological polar surface area (TPSA) is 62.3 Å². The second-order valence-corrected chi connectivity index (χ2v) is 9.26. The third-order valence-electron chi connectivity index (χ3n) is 5.93. The van der Waals surface area contributed by atoms with E-state index < -0.39 is 0 Å². The highest BCUT2D eigenvalue weighted by molar-refractivity contribution is 7.17. The van der Waals surface area contributed by atoms with Gasteiger partial charge in [0.2, 0.25) is 5.91 Å². The van der Waals surface area contributed by atoms with Crippen LogP contribution < -0.4 is 10.2 Å². The van der Waals surface area contributed by atoms with E-state index in [-0.39, 0.29) is 17.7 Å². The van der Waals surface area contributed by atoms with Crippen LogP contribution in [-0.4, -0.2) is 23.3 Å². The highest BCUT2D eigenvalue weighted by Crippen LogP contribution is 2.32. The molecule has 32 heavy (non-hydrogen) atoms. The Morgan fingerprint density at radius 3 is 2.50 bits per heavy atom. The largest absolute Gasteiger partial charge is 0.347 e. The number of aromatic nitrogens is 1. The van der Waals surface area contributed by atoms with Crippen LogP contribution in [-0.2, 0) is 17.8 Å². The number of carbonyl (C=O) groups is 2. The molecule has 1 unspecified atom stereocenters. The number of benzene rings is 2. The molecule has 1 aliphatic heterocycles. The molecule has 2 aromatic carbocycles. The number of thiazole rings is 1. The molecule has 1 fully saturated rings. The zero-order valence-corrected chi connectivity index (χ0v) is 19.2. The third-order valence-corrected chi connectivity index (χ3v) is 7.11. The van der Waals surface area contributed by atoms with Crippen molar-refractivity contribution in [2.24, 2.45) is 5.92 Å². The monoisotopic (exact) mass is 447 g/mol. The van der Waals surface area contributed by atoms with Crippen molar-refractivity contribution in [3.63, 3.8) is 0 Å². The molecule has 2 amide bonds. The lowest BCUT2D eigenvalue weighted by atomic mass is 9.91. The lowest BCUT2D eigenvalue weighted by Gasteiger charge is -2.30.